The average molecular weight is 473 g/mol. The second-order valence-electron chi connectivity index (χ2n) is 7.38. The van der Waals surface area contributed by atoms with Gasteiger partial charge in [-0.3, -0.25) is 9.10 Å². The first-order valence-electron chi connectivity index (χ1n) is 10.1. The molecule has 0 radical (unpaired) electrons. The van der Waals surface area contributed by atoms with Crippen molar-refractivity contribution in [2.24, 2.45) is 0 Å². The highest BCUT2D eigenvalue weighted by Gasteiger charge is 2.18. The Hall–Kier alpha value is -3.03. The molecule has 1 amide bonds. The molecule has 0 aliphatic heterocycles. The van der Waals surface area contributed by atoms with E-state index in [2.05, 4.69) is 5.32 Å². The minimum absolute atomic E-state index is 0.134. The van der Waals surface area contributed by atoms with Gasteiger partial charge in [0.05, 0.1) is 17.6 Å². The predicted octanol–water partition coefficient (Wildman–Crippen LogP) is 5.63. The number of hydrogen-bond donors (Lipinski definition) is 1. The Labute approximate surface area is 193 Å². The lowest BCUT2D eigenvalue weighted by atomic mass is 10.2. The van der Waals surface area contributed by atoms with Crippen molar-refractivity contribution in [3.05, 3.63) is 83.4 Å². The van der Waals surface area contributed by atoms with Crippen LogP contribution in [0, 0.1) is 6.92 Å². The number of carbonyl (C=O) groups excluding carboxylic acids is 1. The topological polar surface area (TPSA) is 75.7 Å². The van der Waals surface area contributed by atoms with Crippen molar-refractivity contribution in [3.63, 3.8) is 0 Å². The monoisotopic (exact) mass is 472 g/mol. The zero-order valence-corrected chi connectivity index (χ0v) is 19.5. The maximum atomic E-state index is 12.6. The second-order valence-corrected chi connectivity index (χ2v) is 9.72. The Morgan fingerprint density at radius 2 is 1.72 bits per heavy atom. The first kappa shape index (κ1) is 23.6. The Kier molecular flexibility index (Phi) is 7.77. The lowest BCUT2D eigenvalue weighted by molar-refractivity contribution is -0.116. The summed E-state index contributed by atoms with van der Waals surface area (Å²) < 4.78 is 31.6. The summed E-state index contributed by atoms with van der Waals surface area (Å²) in [5.41, 5.74) is 2.06. The highest BCUT2D eigenvalue weighted by molar-refractivity contribution is 7.92. The van der Waals surface area contributed by atoms with Crippen LogP contribution in [0.15, 0.2) is 72.8 Å². The van der Waals surface area contributed by atoms with Crippen molar-refractivity contribution in [2.45, 2.75) is 19.8 Å². The number of aryl methyl sites for hydroxylation is 1. The molecule has 3 rings (SSSR count). The van der Waals surface area contributed by atoms with Crippen molar-refractivity contribution in [1.29, 1.82) is 0 Å². The minimum Gasteiger partial charge on any atom is -0.455 e. The van der Waals surface area contributed by atoms with Gasteiger partial charge in [0.25, 0.3) is 0 Å². The number of para-hydroxylation sites is 1. The van der Waals surface area contributed by atoms with Crippen LogP contribution in [-0.2, 0) is 14.8 Å². The molecule has 0 atom stereocenters. The standard InChI is InChI=1S/C24H25ClN2O4S/c1-18-10-13-20(14-11-18)27(32(2,29)30)16-6-9-24(28)26-22-17-19(25)12-15-23(22)31-21-7-4-3-5-8-21/h3-5,7-8,10-15,17H,6,9,16H2,1-2H3,(H,26,28). The van der Waals surface area contributed by atoms with Crippen LogP contribution in [-0.4, -0.2) is 27.1 Å². The molecule has 0 aliphatic carbocycles. The van der Waals surface area contributed by atoms with Gasteiger partial charge in [0.2, 0.25) is 15.9 Å². The Bertz CT molecular complexity index is 1170. The summed E-state index contributed by atoms with van der Waals surface area (Å²) in [5, 5.41) is 3.28. The van der Waals surface area contributed by atoms with Crippen molar-refractivity contribution >= 4 is 38.9 Å². The molecule has 6 nitrogen and oxygen atoms in total. The maximum Gasteiger partial charge on any atom is 0.232 e. The number of sulfonamides is 1. The number of benzene rings is 3. The molecular formula is C24H25ClN2O4S. The molecule has 8 heteroatoms. The fraction of sp³-hybridized carbons (Fsp3) is 0.208. The first-order valence-corrected chi connectivity index (χ1v) is 12.3. The maximum absolute atomic E-state index is 12.6. The third kappa shape index (κ3) is 6.73. The Balaban J connectivity index is 1.64. The Morgan fingerprint density at radius 3 is 2.38 bits per heavy atom. The van der Waals surface area contributed by atoms with E-state index >= 15 is 0 Å². The number of nitrogens with zero attached hydrogens (tertiary/aromatic N) is 1. The van der Waals surface area contributed by atoms with Gasteiger partial charge in [-0.2, -0.15) is 0 Å². The Morgan fingerprint density at radius 1 is 1.03 bits per heavy atom. The van der Waals surface area contributed by atoms with Gasteiger partial charge in [-0.25, -0.2) is 8.42 Å². The van der Waals surface area contributed by atoms with Crippen molar-refractivity contribution in [3.8, 4) is 11.5 Å². The van der Waals surface area contributed by atoms with Gasteiger partial charge in [0.15, 0.2) is 5.75 Å². The van der Waals surface area contributed by atoms with Gasteiger partial charge in [0.1, 0.15) is 5.75 Å². The average Bonchev–Trinajstić information content (AvgIpc) is 2.74. The van der Waals surface area contributed by atoms with Crippen LogP contribution in [0.4, 0.5) is 11.4 Å². The molecule has 168 valence electrons. The molecular weight excluding hydrogens is 448 g/mol. The molecule has 0 aromatic heterocycles. The van der Waals surface area contributed by atoms with Crippen LogP contribution in [0.1, 0.15) is 18.4 Å². The molecule has 32 heavy (non-hydrogen) atoms. The van der Waals surface area contributed by atoms with E-state index in [1.807, 2.05) is 49.4 Å². The molecule has 0 aliphatic rings. The van der Waals surface area contributed by atoms with Crippen LogP contribution in [0.3, 0.4) is 0 Å². The highest BCUT2D eigenvalue weighted by atomic mass is 35.5. The molecule has 0 saturated heterocycles. The fourth-order valence-electron chi connectivity index (χ4n) is 3.10. The number of rotatable bonds is 9. The van der Waals surface area contributed by atoms with E-state index in [-0.39, 0.29) is 18.9 Å². The molecule has 0 saturated carbocycles. The van der Waals surface area contributed by atoms with E-state index in [9.17, 15) is 13.2 Å². The fourth-order valence-corrected chi connectivity index (χ4v) is 4.24. The van der Waals surface area contributed by atoms with Crippen molar-refractivity contribution < 1.29 is 17.9 Å². The van der Waals surface area contributed by atoms with Gasteiger partial charge in [0, 0.05) is 18.0 Å². The number of hydrogen-bond acceptors (Lipinski definition) is 4. The lowest BCUT2D eigenvalue weighted by Gasteiger charge is -2.22. The quantitative estimate of drug-likeness (QED) is 0.438. The first-order chi connectivity index (χ1) is 15.2. The zero-order valence-electron chi connectivity index (χ0n) is 17.9. The van der Waals surface area contributed by atoms with Crippen LogP contribution < -0.4 is 14.4 Å². The third-order valence-electron chi connectivity index (χ3n) is 4.67. The molecule has 0 unspecified atom stereocenters. The number of amides is 1. The van der Waals surface area contributed by atoms with Crippen LogP contribution >= 0.6 is 11.6 Å². The zero-order chi connectivity index (χ0) is 23.1. The largest absolute Gasteiger partial charge is 0.455 e. The lowest BCUT2D eigenvalue weighted by Crippen LogP contribution is -2.31. The molecule has 0 spiro atoms. The number of halogens is 1. The van der Waals surface area contributed by atoms with E-state index in [1.54, 1.807) is 30.3 Å². The summed E-state index contributed by atoms with van der Waals surface area (Å²) in [6.07, 6.45) is 1.64. The molecule has 0 bridgehead atoms. The van der Waals surface area contributed by atoms with Crippen molar-refractivity contribution in [1.82, 2.24) is 0 Å². The SMILES string of the molecule is Cc1ccc(N(CCCC(=O)Nc2cc(Cl)ccc2Oc2ccccc2)S(C)(=O)=O)cc1. The van der Waals surface area contributed by atoms with Gasteiger partial charge >= 0.3 is 0 Å². The van der Waals surface area contributed by atoms with Crippen LogP contribution in [0.5, 0.6) is 11.5 Å². The van der Waals surface area contributed by atoms with E-state index in [0.29, 0.717) is 34.3 Å². The van der Waals surface area contributed by atoms with Gasteiger partial charge < -0.3 is 10.1 Å². The number of carbonyl (C=O) groups is 1. The summed E-state index contributed by atoms with van der Waals surface area (Å²) in [5.74, 6) is 0.834. The highest BCUT2D eigenvalue weighted by Crippen LogP contribution is 2.32. The van der Waals surface area contributed by atoms with Crippen LogP contribution in [0.2, 0.25) is 5.02 Å². The molecule has 3 aromatic carbocycles. The van der Waals surface area contributed by atoms with E-state index < -0.39 is 10.0 Å². The van der Waals surface area contributed by atoms with Gasteiger partial charge in [-0.15, -0.1) is 0 Å². The summed E-state index contributed by atoms with van der Waals surface area (Å²) >= 11 is 6.10. The van der Waals surface area contributed by atoms with E-state index in [1.165, 1.54) is 4.31 Å². The molecule has 0 fully saturated rings. The number of anilines is 2. The summed E-state index contributed by atoms with van der Waals surface area (Å²) in [6, 6.07) is 21.4. The molecule has 3 aromatic rings. The minimum atomic E-state index is -3.47. The third-order valence-corrected chi connectivity index (χ3v) is 6.10. The smallest absolute Gasteiger partial charge is 0.232 e. The number of nitrogens with one attached hydrogen (secondary N) is 1. The van der Waals surface area contributed by atoms with Crippen molar-refractivity contribution in [2.75, 3.05) is 22.4 Å². The van der Waals surface area contributed by atoms with Gasteiger partial charge in [-0.05, 0) is 55.8 Å². The number of ether oxygens (including phenoxy) is 1. The second kappa shape index (κ2) is 10.5. The molecule has 1 N–H and O–H groups in total. The van der Waals surface area contributed by atoms with Crippen LogP contribution in [0.25, 0.3) is 0 Å². The normalized spacial score (nSPS) is 11.1. The van der Waals surface area contributed by atoms with Gasteiger partial charge in [-0.1, -0.05) is 47.5 Å². The summed E-state index contributed by atoms with van der Waals surface area (Å²) in [4.78, 5) is 12.6. The molecule has 0 heterocycles. The summed E-state index contributed by atoms with van der Waals surface area (Å²) in [6.45, 7) is 2.13. The van der Waals surface area contributed by atoms with E-state index in [4.69, 9.17) is 16.3 Å². The predicted molar refractivity (Wildman–Crippen MR) is 129 cm³/mol. The summed E-state index contributed by atoms with van der Waals surface area (Å²) in [7, 11) is -3.47. The van der Waals surface area contributed by atoms with E-state index in [0.717, 1.165) is 11.8 Å².